The Morgan fingerprint density at radius 2 is 1.29 bits per heavy atom. The molecule has 2 aromatic heterocycles. The van der Waals surface area contributed by atoms with Crippen LogP contribution in [0.15, 0.2) is 158 Å². The van der Waals surface area contributed by atoms with E-state index < -0.39 is 0 Å². The second-order valence-corrected chi connectivity index (χ2v) is 15.0. The summed E-state index contributed by atoms with van der Waals surface area (Å²) in [5, 5.41) is 12.9. The summed E-state index contributed by atoms with van der Waals surface area (Å²) in [6, 6.07) is 58.2. The highest BCUT2D eigenvalue weighted by Crippen LogP contribution is 2.52. The second-order valence-electron chi connectivity index (χ2n) is 14.0. The third-order valence-electron chi connectivity index (χ3n) is 10.6. The lowest BCUT2D eigenvalue weighted by Crippen LogP contribution is -2.30. The van der Waals surface area contributed by atoms with E-state index in [0.717, 1.165) is 43.2 Å². The zero-order valence-corrected chi connectivity index (χ0v) is 29.5. The van der Waals surface area contributed by atoms with Gasteiger partial charge in [-0.25, -0.2) is 4.98 Å². The van der Waals surface area contributed by atoms with Crippen molar-refractivity contribution in [1.82, 2.24) is 9.55 Å². The van der Waals surface area contributed by atoms with Gasteiger partial charge in [0, 0.05) is 33.1 Å². The third-order valence-corrected chi connectivity index (χ3v) is 11.8. The first kappa shape index (κ1) is 30.4. The summed E-state index contributed by atoms with van der Waals surface area (Å²) in [6.45, 7) is 4.68. The molecule has 1 aliphatic heterocycles. The van der Waals surface area contributed by atoms with Crippen LogP contribution >= 0.6 is 11.3 Å². The molecular weight excluding hydrogens is 653 g/mol. The molecule has 0 spiro atoms. The lowest BCUT2D eigenvalue weighted by atomic mass is 9.73. The normalized spacial score (nSPS) is 13.3. The smallest absolute Gasteiger partial charge is 0.124 e. The van der Waals surface area contributed by atoms with Crippen molar-refractivity contribution < 1.29 is 0 Å². The predicted molar refractivity (Wildman–Crippen MR) is 216 cm³/mol. The zero-order valence-electron chi connectivity index (χ0n) is 28.7. The topological polar surface area (TPSA) is 44.9 Å². The highest BCUT2D eigenvalue weighted by atomic mass is 32.1. The van der Waals surface area contributed by atoms with Gasteiger partial charge in [0.2, 0.25) is 0 Å². The fourth-order valence-corrected chi connectivity index (χ4v) is 9.17. The van der Waals surface area contributed by atoms with E-state index in [2.05, 4.69) is 157 Å². The molecule has 0 aliphatic carbocycles. The van der Waals surface area contributed by atoms with Crippen LogP contribution in [0.3, 0.4) is 0 Å². The van der Waals surface area contributed by atoms with Crippen molar-refractivity contribution in [3.8, 4) is 33.5 Å². The fraction of sp³-hybridized carbons (Fsp3) is 0.0638. The van der Waals surface area contributed by atoms with Crippen molar-refractivity contribution in [3.05, 3.63) is 174 Å². The highest BCUT2D eigenvalue weighted by Gasteiger charge is 2.37. The molecule has 1 aliphatic rings. The highest BCUT2D eigenvalue weighted by molar-refractivity contribution is 7.22. The molecule has 0 saturated carbocycles. The van der Waals surface area contributed by atoms with Crippen LogP contribution in [0.4, 0.5) is 17.1 Å². The number of hydrogen-bond donors (Lipinski definition) is 0. The number of nitriles is 1. The minimum atomic E-state index is -0.197. The molecule has 0 atom stereocenters. The Morgan fingerprint density at radius 3 is 2.08 bits per heavy atom. The van der Waals surface area contributed by atoms with Crippen LogP contribution in [-0.4, -0.2) is 9.55 Å². The molecule has 3 heterocycles. The molecule has 0 radical (unpaired) electrons. The SMILES string of the molecule is CC1(C)c2ccccc2N(c2ccccc2)c2ccc(-c3ccc4c(c3)c3ccc5nc(-c6ccccc6)sc5c3n4-c3ccc(C#N)cc3)cc21. The van der Waals surface area contributed by atoms with Crippen molar-refractivity contribution in [2.45, 2.75) is 19.3 Å². The van der Waals surface area contributed by atoms with E-state index in [1.54, 1.807) is 11.3 Å². The van der Waals surface area contributed by atoms with Gasteiger partial charge < -0.3 is 9.47 Å². The molecular formula is C47H32N4S. The molecule has 5 heteroatoms. The van der Waals surface area contributed by atoms with E-state index >= 15 is 0 Å². The van der Waals surface area contributed by atoms with Crippen molar-refractivity contribution >= 4 is 60.4 Å². The van der Waals surface area contributed by atoms with Gasteiger partial charge in [-0.2, -0.15) is 5.26 Å². The number of aromatic nitrogens is 2. The molecule has 0 bridgehead atoms. The van der Waals surface area contributed by atoms with Crippen molar-refractivity contribution in [3.63, 3.8) is 0 Å². The lowest BCUT2D eigenvalue weighted by Gasteiger charge is -2.42. The van der Waals surface area contributed by atoms with E-state index in [0.29, 0.717) is 5.56 Å². The number of hydrogen-bond acceptors (Lipinski definition) is 4. The number of rotatable bonds is 4. The van der Waals surface area contributed by atoms with E-state index in [-0.39, 0.29) is 5.41 Å². The van der Waals surface area contributed by atoms with Gasteiger partial charge in [0.1, 0.15) is 5.01 Å². The Morgan fingerprint density at radius 1 is 0.596 bits per heavy atom. The summed E-state index contributed by atoms with van der Waals surface area (Å²) in [6.07, 6.45) is 0. The lowest BCUT2D eigenvalue weighted by molar-refractivity contribution is 0.632. The largest absolute Gasteiger partial charge is 0.310 e. The van der Waals surface area contributed by atoms with Crippen molar-refractivity contribution in [2.75, 3.05) is 4.90 Å². The van der Waals surface area contributed by atoms with Crippen molar-refractivity contribution in [1.29, 1.82) is 5.26 Å². The predicted octanol–water partition coefficient (Wildman–Crippen LogP) is 12.7. The van der Waals surface area contributed by atoms with Crippen LogP contribution in [0.1, 0.15) is 30.5 Å². The van der Waals surface area contributed by atoms with Gasteiger partial charge in [-0.3, -0.25) is 0 Å². The average Bonchev–Trinajstić information content (AvgIpc) is 3.78. The molecule has 7 aromatic carbocycles. The van der Waals surface area contributed by atoms with Crippen LogP contribution in [0.25, 0.3) is 59.4 Å². The quantitative estimate of drug-likeness (QED) is 0.185. The maximum absolute atomic E-state index is 9.55. The average molecular weight is 685 g/mol. The van der Waals surface area contributed by atoms with Gasteiger partial charge >= 0.3 is 0 Å². The van der Waals surface area contributed by atoms with Crippen LogP contribution in [0.2, 0.25) is 0 Å². The monoisotopic (exact) mass is 684 g/mol. The Balaban J connectivity index is 1.19. The minimum Gasteiger partial charge on any atom is -0.310 e. The molecule has 0 saturated heterocycles. The number of para-hydroxylation sites is 2. The standard InChI is InChI=1S/C47H32N4S/c1-47(2)38-15-9-10-16-42(38)50(34-13-7-4-8-14-34)43-26-20-33(28-39(43)47)32-19-25-41-37(27-32)36-23-24-40-45(52-46(49-40)31-11-5-3-6-12-31)44(36)51(41)35-21-17-30(29-48)18-22-35/h3-28H,1-2H3. The molecule has 4 nitrogen and oxygen atoms in total. The maximum atomic E-state index is 9.55. The number of fused-ring (bicyclic) bond motifs is 7. The summed E-state index contributed by atoms with van der Waals surface area (Å²) < 4.78 is 3.49. The third kappa shape index (κ3) is 4.55. The van der Waals surface area contributed by atoms with Crippen LogP contribution in [-0.2, 0) is 5.41 Å². The molecule has 246 valence electrons. The molecule has 0 amide bonds. The first-order valence-corrected chi connectivity index (χ1v) is 18.3. The van der Waals surface area contributed by atoms with Gasteiger partial charge in [-0.15, -0.1) is 11.3 Å². The summed E-state index contributed by atoms with van der Waals surface area (Å²) >= 11 is 1.73. The van der Waals surface area contributed by atoms with Gasteiger partial charge in [0.25, 0.3) is 0 Å². The molecule has 0 fully saturated rings. The molecule has 0 N–H and O–H groups in total. The number of benzene rings is 7. The number of nitrogens with zero attached hydrogens (tertiary/aromatic N) is 4. The van der Waals surface area contributed by atoms with E-state index in [1.165, 1.54) is 44.4 Å². The number of anilines is 3. The summed E-state index contributed by atoms with van der Waals surface area (Å²) in [7, 11) is 0. The molecule has 10 rings (SSSR count). The summed E-state index contributed by atoms with van der Waals surface area (Å²) in [5.74, 6) is 0. The molecule has 9 aromatic rings. The first-order valence-electron chi connectivity index (χ1n) is 17.5. The van der Waals surface area contributed by atoms with Crippen LogP contribution in [0, 0.1) is 11.3 Å². The van der Waals surface area contributed by atoms with Crippen molar-refractivity contribution in [2.24, 2.45) is 0 Å². The Hall–Kier alpha value is -6.48. The van der Waals surface area contributed by atoms with E-state index in [9.17, 15) is 5.26 Å². The summed E-state index contributed by atoms with van der Waals surface area (Å²) in [5.41, 5.74) is 14.4. The minimum absolute atomic E-state index is 0.197. The van der Waals surface area contributed by atoms with Gasteiger partial charge in [0.15, 0.2) is 0 Å². The Bertz CT molecular complexity index is 2880. The zero-order chi connectivity index (χ0) is 35.0. The van der Waals surface area contributed by atoms with Gasteiger partial charge in [0.05, 0.1) is 44.3 Å². The fourth-order valence-electron chi connectivity index (χ4n) is 8.06. The molecule has 0 unspecified atom stereocenters. The van der Waals surface area contributed by atoms with E-state index in [1.807, 2.05) is 30.3 Å². The van der Waals surface area contributed by atoms with Gasteiger partial charge in [-0.1, -0.05) is 92.7 Å². The summed E-state index contributed by atoms with van der Waals surface area (Å²) in [4.78, 5) is 7.49. The van der Waals surface area contributed by atoms with Crippen LogP contribution in [0.5, 0.6) is 0 Å². The first-order chi connectivity index (χ1) is 25.5. The second kappa shape index (κ2) is 11.5. The maximum Gasteiger partial charge on any atom is 0.124 e. The van der Waals surface area contributed by atoms with Gasteiger partial charge in [-0.05, 0) is 101 Å². The van der Waals surface area contributed by atoms with Crippen LogP contribution < -0.4 is 4.90 Å². The van der Waals surface area contributed by atoms with E-state index in [4.69, 9.17) is 4.98 Å². The number of thiazole rings is 1. The molecule has 52 heavy (non-hydrogen) atoms. The Labute approximate surface area is 306 Å². The Kier molecular flexibility index (Phi) is 6.73.